The monoisotopic (exact) mass is 360 g/mol. The van der Waals surface area contributed by atoms with Gasteiger partial charge in [0.25, 0.3) is 0 Å². The van der Waals surface area contributed by atoms with E-state index >= 15 is 0 Å². The van der Waals surface area contributed by atoms with E-state index in [1.54, 1.807) is 0 Å². The predicted octanol–water partition coefficient (Wildman–Crippen LogP) is 9.10. The molecule has 0 aromatic carbocycles. The van der Waals surface area contributed by atoms with Crippen LogP contribution in [0.4, 0.5) is 0 Å². The molecule has 0 saturated carbocycles. The summed E-state index contributed by atoms with van der Waals surface area (Å²) >= 11 is 0. The summed E-state index contributed by atoms with van der Waals surface area (Å²) < 4.78 is 0. The Morgan fingerprint density at radius 2 is 1.04 bits per heavy atom. The van der Waals surface area contributed by atoms with Crippen LogP contribution < -0.4 is 0 Å². The summed E-state index contributed by atoms with van der Waals surface area (Å²) in [5, 5.41) is 0. The molecule has 0 aliphatic rings. The van der Waals surface area contributed by atoms with Crippen molar-refractivity contribution >= 4 is 0 Å². The Balaban J connectivity index is 3.64. The van der Waals surface area contributed by atoms with Crippen LogP contribution >= 0.6 is 0 Å². The first-order chi connectivity index (χ1) is 12.8. The maximum absolute atomic E-state index is 3.91. The lowest BCUT2D eigenvalue weighted by Gasteiger charge is -2.15. The summed E-state index contributed by atoms with van der Waals surface area (Å²) in [6.07, 6.45) is 26.5. The maximum Gasteiger partial charge on any atom is 0.00913 e. The standard InChI is InChI=1S/C26H48/c1-4-7-10-12-14-15-16-18-20-22-25-26(23-9-6-3)24-21-19-17-13-11-8-5-2/h26H,1-2,4-16,18,20-25H2,3H3. The first-order valence-corrected chi connectivity index (χ1v) is 11.9. The van der Waals surface area contributed by atoms with Gasteiger partial charge in [0, 0.05) is 12.8 Å². The molecule has 0 aromatic rings. The van der Waals surface area contributed by atoms with Gasteiger partial charge in [-0.1, -0.05) is 124 Å². The van der Waals surface area contributed by atoms with Crippen LogP contribution in [-0.4, -0.2) is 0 Å². The second-order valence-corrected chi connectivity index (χ2v) is 8.04. The minimum Gasteiger partial charge on any atom is -0.103 e. The molecule has 0 rings (SSSR count). The molecular formula is C26H48. The highest BCUT2D eigenvalue weighted by molar-refractivity contribution is 4.98. The Morgan fingerprint density at radius 1 is 0.538 bits per heavy atom. The number of rotatable bonds is 19. The molecule has 0 aliphatic carbocycles. The minimum atomic E-state index is 0.923. The summed E-state index contributed by atoms with van der Waals surface area (Å²) in [5.74, 6) is 7.70. The van der Waals surface area contributed by atoms with Gasteiger partial charge >= 0.3 is 0 Å². The van der Waals surface area contributed by atoms with Gasteiger partial charge in [-0.25, -0.2) is 0 Å². The van der Waals surface area contributed by atoms with Crippen molar-refractivity contribution in [3.05, 3.63) is 13.8 Å². The molecule has 0 aromatic heterocycles. The fourth-order valence-corrected chi connectivity index (χ4v) is 3.62. The SMILES string of the molecule is [CH2]CCCCC#CCCC(CCCC)CCCCCCCCCCC[CH2]. The Labute approximate surface area is 167 Å². The van der Waals surface area contributed by atoms with Crippen LogP contribution in [0.2, 0.25) is 0 Å². The predicted molar refractivity (Wildman–Crippen MR) is 120 cm³/mol. The molecule has 152 valence electrons. The van der Waals surface area contributed by atoms with Crippen molar-refractivity contribution in [2.45, 2.75) is 135 Å². The molecule has 0 nitrogen and oxygen atoms in total. The quantitative estimate of drug-likeness (QED) is 0.159. The third-order valence-corrected chi connectivity index (χ3v) is 5.43. The van der Waals surface area contributed by atoms with Crippen molar-refractivity contribution in [2.75, 3.05) is 0 Å². The van der Waals surface area contributed by atoms with Crippen LogP contribution in [0.15, 0.2) is 0 Å². The van der Waals surface area contributed by atoms with Crippen molar-refractivity contribution < 1.29 is 0 Å². The Hall–Kier alpha value is -0.440. The average molecular weight is 361 g/mol. The van der Waals surface area contributed by atoms with Crippen LogP contribution in [0, 0.1) is 31.6 Å². The highest BCUT2D eigenvalue weighted by Gasteiger charge is 2.07. The van der Waals surface area contributed by atoms with Gasteiger partial charge in [0.15, 0.2) is 0 Å². The van der Waals surface area contributed by atoms with E-state index in [0.717, 1.165) is 31.6 Å². The maximum atomic E-state index is 3.91. The summed E-state index contributed by atoms with van der Waals surface area (Å²) in [7, 11) is 0. The van der Waals surface area contributed by atoms with Gasteiger partial charge in [0.1, 0.15) is 0 Å². The summed E-state index contributed by atoms with van der Waals surface area (Å²) in [5.41, 5.74) is 0. The normalized spacial score (nSPS) is 12.0. The zero-order valence-electron chi connectivity index (χ0n) is 18.1. The largest absolute Gasteiger partial charge is 0.103 e. The minimum absolute atomic E-state index is 0.923. The molecule has 26 heavy (non-hydrogen) atoms. The molecule has 0 heterocycles. The topological polar surface area (TPSA) is 0 Å². The number of hydrogen-bond donors (Lipinski definition) is 0. The van der Waals surface area contributed by atoms with Crippen LogP contribution in [-0.2, 0) is 0 Å². The second kappa shape index (κ2) is 22.6. The van der Waals surface area contributed by atoms with Crippen LogP contribution in [0.5, 0.6) is 0 Å². The molecule has 0 bridgehead atoms. The third-order valence-electron chi connectivity index (χ3n) is 5.43. The Kier molecular flexibility index (Phi) is 22.2. The molecule has 0 N–H and O–H groups in total. The summed E-state index contributed by atoms with van der Waals surface area (Å²) in [4.78, 5) is 0. The first-order valence-electron chi connectivity index (χ1n) is 11.9. The molecule has 0 fully saturated rings. The summed E-state index contributed by atoms with van der Waals surface area (Å²) in [6.45, 7) is 10.1. The molecule has 0 aliphatic heterocycles. The van der Waals surface area contributed by atoms with E-state index in [0.29, 0.717) is 0 Å². The van der Waals surface area contributed by atoms with Crippen molar-refractivity contribution in [3.63, 3.8) is 0 Å². The Bertz CT molecular complexity index is 306. The highest BCUT2D eigenvalue weighted by Crippen LogP contribution is 2.22. The third kappa shape index (κ3) is 19.9. The second-order valence-electron chi connectivity index (χ2n) is 8.04. The van der Waals surface area contributed by atoms with Crippen LogP contribution in [0.25, 0.3) is 0 Å². The van der Waals surface area contributed by atoms with Gasteiger partial charge in [0.2, 0.25) is 0 Å². The molecule has 1 atom stereocenters. The number of hydrogen-bond acceptors (Lipinski definition) is 0. The fourth-order valence-electron chi connectivity index (χ4n) is 3.62. The fraction of sp³-hybridized carbons (Fsp3) is 0.846. The van der Waals surface area contributed by atoms with Gasteiger partial charge in [-0.15, -0.1) is 11.8 Å². The Morgan fingerprint density at radius 3 is 1.65 bits per heavy atom. The van der Waals surface area contributed by atoms with Crippen LogP contribution in [0.1, 0.15) is 135 Å². The van der Waals surface area contributed by atoms with E-state index in [-0.39, 0.29) is 0 Å². The highest BCUT2D eigenvalue weighted by atomic mass is 14.1. The zero-order chi connectivity index (χ0) is 19.1. The van der Waals surface area contributed by atoms with Crippen LogP contribution in [0.3, 0.4) is 0 Å². The zero-order valence-corrected chi connectivity index (χ0v) is 18.1. The smallest absolute Gasteiger partial charge is 0.00913 e. The lowest BCUT2D eigenvalue weighted by molar-refractivity contribution is 0.390. The van der Waals surface area contributed by atoms with E-state index in [2.05, 4.69) is 32.6 Å². The summed E-state index contributed by atoms with van der Waals surface area (Å²) in [6, 6.07) is 0. The van der Waals surface area contributed by atoms with Gasteiger partial charge in [-0.05, 0) is 18.8 Å². The molecule has 1 unspecified atom stereocenters. The molecule has 0 spiro atoms. The van der Waals surface area contributed by atoms with E-state index in [4.69, 9.17) is 0 Å². The molecule has 2 radical (unpaired) electrons. The van der Waals surface area contributed by atoms with Gasteiger partial charge in [0.05, 0.1) is 0 Å². The van der Waals surface area contributed by atoms with Crippen molar-refractivity contribution in [1.82, 2.24) is 0 Å². The van der Waals surface area contributed by atoms with Gasteiger partial charge in [-0.3, -0.25) is 0 Å². The van der Waals surface area contributed by atoms with Crippen molar-refractivity contribution in [1.29, 1.82) is 0 Å². The van der Waals surface area contributed by atoms with E-state index in [1.165, 1.54) is 103 Å². The molecule has 0 amide bonds. The molecule has 0 heteroatoms. The molecular weight excluding hydrogens is 312 g/mol. The van der Waals surface area contributed by atoms with Crippen molar-refractivity contribution in [2.24, 2.45) is 5.92 Å². The lowest BCUT2D eigenvalue weighted by Crippen LogP contribution is -2.00. The number of unbranched alkanes of at least 4 members (excludes halogenated alkanes) is 13. The van der Waals surface area contributed by atoms with Gasteiger partial charge < -0.3 is 0 Å². The lowest BCUT2D eigenvalue weighted by atomic mass is 9.91. The van der Waals surface area contributed by atoms with Crippen molar-refractivity contribution in [3.8, 4) is 11.8 Å². The molecule has 0 saturated heterocycles. The van der Waals surface area contributed by atoms with E-state index in [9.17, 15) is 0 Å². The van der Waals surface area contributed by atoms with Gasteiger partial charge in [-0.2, -0.15) is 0 Å². The average Bonchev–Trinajstić information content (AvgIpc) is 2.66. The van der Waals surface area contributed by atoms with E-state index < -0.39 is 0 Å². The first kappa shape index (κ1) is 25.6. The van der Waals surface area contributed by atoms with E-state index in [1.807, 2.05) is 0 Å².